The van der Waals surface area contributed by atoms with Crippen molar-refractivity contribution < 1.29 is 9.66 Å². The number of hydrogen-bond donors (Lipinski definition) is 0. The highest BCUT2D eigenvalue weighted by Gasteiger charge is 2.37. The molecule has 13 heavy (non-hydrogen) atoms. The SMILES string of the molecule is Cc1nc(C)n(C2CO2)c1[N+](=O)[O-]. The second kappa shape index (κ2) is 2.53. The van der Waals surface area contributed by atoms with Crippen molar-refractivity contribution in [3.63, 3.8) is 0 Å². The monoisotopic (exact) mass is 183 g/mol. The third kappa shape index (κ3) is 1.19. The first-order valence-corrected chi connectivity index (χ1v) is 3.92. The molecule has 2 rings (SSSR count). The molecule has 0 saturated carbocycles. The van der Waals surface area contributed by atoms with Crippen LogP contribution in [0.15, 0.2) is 0 Å². The van der Waals surface area contributed by atoms with Crippen LogP contribution in [-0.2, 0) is 4.74 Å². The molecule has 1 aliphatic rings. The number of aryl methyl sites for hydroxylation is 2. The topological polar surface area (TPSA) is 73.5 Å². The van der Waals surface area contributed by atoms with Crippen LogP contribution in [0.2, 0.25) is 0 Å². The third-order valence-corrected chi connectivity index (χ3v) is 2.01. The zero-order chi connectivity index (χ0) is 9.59. The molecule has 1 aromatic heterocycles. The first kappa shape index (κ1) is 8.18. The predicted molar refractivity (Wildman–Crippen MR) is 43.3 cm³/mol. The fourth-order valence-corrected chi connectivity index (χ4v) is 1.43. The molecule has 1 aliphatic heterocycles. The van der Waals surface area contributed by atoms with E-state index in [2.05, 4.69) is 4.98 Å². The number of hydrogen-bond acceptors (Lipinski definition) is 4. The molecule has 0 N–H and O–H groups in total. The molecule has 70 valence electrons. The van der Waals surface area contributed by atoms with Crippen molar-refractivity contribution in [3.05, 3.63) is 21.6 Å². The van der Waals surface area contributed by atoms with E-state index in [0.717, 1.165) is 0 Å². The average Bonchev–Trinajstić information content (AvgIpc) is 2.77. The van der Waals surface area contributed by atoms with Crippen molar-refractivity contribution in [1.29, 1.82) is 0 Å². The Morgan fingerprint density at radius 3 is 2.77 bits per heavy atom. The maximum atomic E-state index is 10.7. The molecular formula is C7H9N3O3. The summed E-state index contributed by atoms with van der Waals surface area (Å²) in [6.45, 7) is 3.91. The van der Waals surface area contributed by atoms with E-state index in [1.807, 2.05) is 0 Å². The fraction of sp³-hybridized carbons (Fsp3) is 0.571. The molecule has 1 aromatic rings. The van der Waals surface area contributed by atoms with Crippen molar-refractivity contribution in [1.82, 2.24) is 9.55 Å². The van der Waals surface area contributed by atoms with Gasteiger partial charge in [-0.2, -0.15) is 4.57 Å². The summed E-state index contributed by atoms with van der Waals surface area (Å²) in [5, 5.41) is 10.7. The fourth-order valence-electron chi connectivity index (χ4n) is 1.43. The Hall–Kier alpha value is -1.43. The molecule has 1 saturated heterocycles. The van der Waals surface area contributed by atoms with E-state index in [1.54, 1.807) is 13.8 Å². The summed E-state index contributed by atoms with van der Waals surface area (Å²) in [5.41, 5.74) is 0.443. The van der Waals surface area contributed by atoms with Crippen LogP contribution in [-0.4, -0.2) is 21.1 Å². The Morgan fingerprint density at radius 2 is 2.31 bits per heavy atom. The Bertz CT molecular complexity index is 367. The Morgan fingerprint density at radius 1 is 1.69 bits per heavy atom. The van der Waals surface area contributed by atoms with E-state index >= 15 is 0 Å². The van der Waals surface area contributed by atoms with Crippen LogP contribution in [0, 0.1) is 24.0 Å². The smallest absolute Gasteiger partial charge is 0.348 e. The van der Waals surface area contributed by atoms with E-state index in [-0.39, 0.29) is 12.0 Å². The first-order valence-electron chi connectivity index (χ1n) is 3.92. The van der Waals surface area contributed by atoms with Gasteiger partial charge in [0.05, 0.1) is 0 Å². The maximum absolute atomic E-state index is 10.7. The lowest BCUT2D eigenvalue weighted by atomic mass is 10.5. The van der Waals surface area contributed by atoms with Gasteiger partial charge in [0.25, 0.3) is 0 Å². The lowest BCUT2D eigenvalue weighted by Crippen LogP contribution is -2.03. The van der Waals surface area contributed by atoms with Gasteiger partial charge in [-0.15, -0.1) is 0 Å². The summed E-state index contributed by atoms with van der Waals surface area (Å²) in [5.74, 6) is 0.673. The van der Waals surface area contributed by atoms with Crippen LogP contribution in [0.5, 0.6) is 0 Å². The second-order valence-electron chi connectivity index (χ2n) is 2.98. The molecule has 6 nitrogen and oxygen atoms in total. The minimum atomic E-state index is -0.420. The van der Waals surface area contributed by atoms with Crippen LogP contribution < -0.4 is 0 Å². The predicted octanol–water partition coefficient (Wildman–Crippen LogP) is 0.937. The minimum absolute atomic E-state index is 0.0417. The van der Waals surface area contributed by atoms with Crippen molar-refractivity contribution in [2.45, 2.75) is 20.1 Å². The summed E-state index contributed by atoms with van der Waals surface area (Å²) in [6.07, 6.45) is -0.179. The van der Waals surface area contributed by atoms with Gasteiger partial charge in [0, 0.05) is 6.92 Å². The highest BCUT2D eigenvalue weighted by Crippen LogP contribution is 2.32. The van der Waals surface area contributed by atoms with E-state index in [0.29, 0.717) is 18.1 Å². The molecule has 0 spiro atoms. The molecular weight excluding hydrogens is 174 g/mol. The first-order chi connectivity index (χ1) is 6.11. The molecule has 0 aromatic carbocycles. The van der Waals surface area contributed by atoms with Crippen LogP contribution in [0.1, 0.15) is 17.7 Å². The maximum Gasteiger partial charge on any atom is 0.348 e. The number of nitro groups is 1. The highest BCUT2D eigenvalue weighted by atomic mass is 16.6. The van der Waals surface area contributed by atoms with E-state index < -0.39 is 4.92 Å². The van der Waals surface area contributed by atoms with Crippen LogP contribution in [0.3, 0.4) is 0 Å². The van der Waals surface area contributed by atoms with Gasteiger partial charge >= 0.3 is 5.82 Å². The molecule has 2 heterocycles. The molecule has 6 heteroatoms. The molecule has 0 amide bonds. The van der Waals surface area contributed by atoms with Gasteiger partial charge in [-0.05, 0) is 11.8 Å². The second-order valence-corrected chi connectivity index (χ2v) is 2.98. The van der Waals surface area contributed by atoms with Crippen LogP contribution in [0.25, 0.3) is 0 Å². The largest absolute Gasteiger partial charge is 0.358 e. The lowest BCUT2D eigenvalue weighted by Gasteiger charge is -1.97. The minimum Gasteiger partial charge on any atom is -0.358 e. The number of ether oxygens (including phenoxy) is 1. The summed E-state index contributed by atoms with van der Waals surface area (Å²) in [4.78, 5) is 14.3. The van der Waals surface area contributed by atoms with Gasteiger partial charge in [0.2, 0.25) is 6.23 Å². The molecule has 0 aliphatic carbocycles. The summed E-state index contributed by atoms with van der Waals surface area (Å²) in [7, 11) is 0. The van der Waals surface area contributed by atoms with E-state index in [4.69, 9.17) is 4.74 Å². The van der Waals surface area contributed by atoms with E-state index in [1.165, 1.54) is 4.57 Å². The number of imidazole rings is 1. The molecule has 1 fully saturated rings. The zero-order valence-electron chi connectivity index (χ0n) is 7.35. The zero-order valence-corrected chi connectivity index (χ0v) is 7.35. The summed E-state index contributed by atoms with van der Waals surface area (Å²) < 4.78 is 6.52. The lowest BCUT2D eigenvalue weighted by molar-refractivity contribution is -0.393. The van der Waals surface area contributed by atoms with Gasteiger partial charge in [-0.3, -0.25) is 0 Å². The molecule has 0 bridgehead atoms. The Balaban J connectivity index is 2.56. The quantitative estimate of drug-likeness (QED) is 0.388. The molecule has 1 atom stereocenters. The number of nitrogens with zero attached hydrogens (tertiary/aromatic N) is 3. The summed E-state index contributed by atoms with van der Waals surface area (Å²) in [6, 6.07) is 0. The molecule has 1 unspecified atom stereocenters. The third-order valence-electron chi connectivity index (χ3n) is 2.01. The standard InChI is InChI=1S/C7H9N3O3/c1-4-7(10(11)12)9(5(2)8-4)6-3-13-6/h6H,3H2,1-2H3. The average molecular weight is 183 g/mol. The van der Waals surface area contributed by atoms with Crippen molar-refractivity contribution in [3.8, 4) is 0 Å². The van der Waals surface area contributed by atoms with Crippen LogP contribution >= 0.6 is 0 Å². The van der Waals surface area contributed by atoms with Crippen molar-refractivity contribution in [2.24, 2.45) is 0 Å². The number of rotatable bonds is 2. The van der Waals surface area contributed by atoms with Gasteiger partial charge in [-0.1, -0.05) is 0 Å². The van der Waals surface area contributed by atoms with Gasteiger partial charge in [0.15, 0.2) is 5.82 Å². The molecule has 0 radical (unpaired) electrons. The van der Waals surface area contributed by atoms with Gasteiger partial charge in [-0.25, -0.2) is 4.98 Å². The Kier molecular flexibility index (Phi) is 1.59. The van der Waals surface area contributed by atoms with Gasteiger partial charge in [0.1, 0.15) is 12.3 Å². The Labute approximate surface area is 74.3 Å². The highest BCUT2D eigenvalue weighted by molar-refractivity contribution is 5.30. The van der Waals surface area contributed by atoms with E-state index in [9.17, 15) is 10.1 Å². The van der Waals surface area contributed by atoms with Crippen molar-refractivity contribution >= 4 is 5.82 Å². The van der Waals surface area contributed by atoms with Crippen LogP contribution in [0.4, 0.5) is 5.82 Å². The number of aromatic nitrogens is 2. The summed E-state index contributed by atoms with van der Waals surface area (Å²) >= 11 is 0. The normalized spacial score (nSPS) is 20.3. The number of epoxide rings is 1. The van der Waals surface area contributed by atoms with Crippen molar-refractivity contribution in [2.75, 3.05) is 6.61 Å². The van der Waals surface area contributed by atoms with Gasteiger partial charge < -0.3 is 14.9 Å².